The van der Waals surface area contributed by atoms with E-state index in [2.05, 4.69) is 41.0 Å². The lowest BCUT2D eigenvalue weighted by atomic mass is 10.0. The molecule has 2 aromatic rings. The molecule has 106 valence electrons. The highest BCUT2D eigenvalue weighted by Gasteiger charge is 2.26. The van der Waals surface area contributed by atoms with Gasteiger partial charge in [0.1, 0.15) is 5.82 Å². The molecule has 0 saturated carbocycles. The first-order valence-electron chi connectivity index (χ1n) is 6.79. The van der Waals surface area contributed by atoms with E-state index in [0.717, 1.165) is 35.5 Å². The van der Waals surface area contributed by atoms with E-state index < -0.39 is 0 Å². The van der Waals surface area contributed by atoms with Crippen LogP contribution in [0, 0.1) is 0 Å². The van der Waals surface area contributed by atoms with Gasteiger partial charge in [-0.15, -0.1) is 0 Å². The summed E-state index contributed by atoms with van der Waals surface area (Å²) >= 11 is 3.38. The van der Waals surface area contributed by atoms with Gasteiger partial charge in [-0.3, -0.25) is 4.90 Å². The smallest absolute Gasteiger partial charge is 0.145 e. The Labute approximate surface area is 126 Å². The average Bonchev–Trinajstić information content (AvgIpc) is 2.86. The largest absolute Gasteiger partial charge is 0.287 e. The maximum absolute atomic E-state index is 4.46. The number of hydrogen-bond donors (Lipinski definition) is 0. The third-order valence-corrected chi connectivity index (χ3v) is 3.97. The van der Waals surface area contributed by atoms with Gasteiger partial charge in [0.25, 0.3) is 0 Å². The summed E-state index contributed by atoms with van der Waals surface area (Å²) < 4.78 is 0.914. The number of nitrogens with zero attached hydrogens (tertiary/aromatic N) is 6. The number of piperidine rings is 1. The maximum Gasteiger partial charge on any atom is 0.145 e. The van der Waals surface area contributed by atoms with Crippen molar-refractivity contribution in [3.8, 4) is 0 Å². The minimum atomic E-state index is 0.277. The van der Waals surface area contributed by atoms with Crippen molar-refractivity contribution >= 4 is 15.9 Å². The molecule has 1 aliphatic rings. The fourth-order valence-electron chi connectivity index (χ4n) is 2.64. The zero-order chi connectivity index (χ0) is 13.9. The Morgan fingerprint density at radius 3 is 2.75 bits per heavy atom. The van der Waals surface area contributed by atoms with Crippen LogP contribution >= 0.6 is 15.9 Å². The van der Waals surface area contributed by atoms with Crippen LogP contribution in [0.2, 0.25) is 0 Å². The lowest BCUT2D eigenvalue weighted by molar-refractivity contribution is 0.132. The highest BCUT2D eigenvalue weighted by molar-refractivity contribution is 9.10. The highest BCUT2D eigenvalue weighted by Crippen LogP contribution is 2.29. The highest BCUT2D eigenvalue weighted by atomic mass is 79.9. The lowest BCUT2D eigenvalue weighted by Gasteiger charge is -2.33. The molecule has 0 radical (unpaired) electrons. The number of rotatable bonds is 3. The quantitative estimate of drug-likeness (QED) is 0.858. The summed E-state index contributed by atoms with van der Waals surface area (Å²) in [7, 11) is 1.84. The summed E-state index contributed by atoms with van der Waals surface area (Å²) in [6.45, 7) is 1.86. The van der Waals surface area contributed by atoms with Gasteiger partial charge in [-0.05, 0) is 35.3 Å². The van der Waals surface area contributed by atoms with Crippen molar-refractivity contribution in [1.29, 1.82) is 0 Å². The predicted octanol–water partition coefficient (Wildman–Crippen LogP) is 2.09. The number of likely N-dealkylation sites (tertiary alicyclic amines) is 1. The van der Waals surface area contributed by atoms with Gasteiger partial charge in [0.2, 0.25) is 0 Å². The molecule has 0 aliphatic carbocycles. The van der Waals surface area contributed by atoms with Crippen LogP contribution < -0.4 is 0 Å². The Kier molecular flexibility index (Phi) is 4.07. The summed E-state index contributed by atoms with van der Waals surface area (Å²) in [6, 6.07) is 0.277. The molecule has 0 spiro atoms. The molecule has 1 saturated heterocycles. The van der Waals surface area contributed by atoms with Gasteiger partial charge in [-0.2, -0.15) is 15.0 Å². The second-order valence-corrected chi connectivity index (χ2v) is 5.98. The van der Waals surface area contributed by atoms with Crippen LogP contribution in [0.3, 0.4) is 0 Å². The number of aromatic nitrogens is 5. The minimum Gasteiger partial charge on any atom is -0.287 e. The Morgan fingerprint density at radius 2 is 2.05 bits per heavy atom. The number of hydrogen-bond acceptors (Lipinski definition) is 5. The molecule has 1 aliphatic heterocycles. The maximum atomic E-state index is 4.46. The van der Waals surface area contributed by atoms with Crippen molar-refractivity contribution in [3.05, 3.63) is 34.6 Å². The molecule has 1 atom stereocenters. The van der Waals surface area contributed by atoms with Crippen LogP contribution in [0.1, 0.15) is 36.8 Å². The predicted molar refractivity (Wildman–Crippen MR) is 77.7 cm³/mol. The second kappa shape index (κ2) is 5.97. The molecule has 0 bridgehead atoms. The van der Waals surface area contributed by atoms with Gasteiger partial charge < -0.3 is 0 Å². The van der Waals surface area contributed by atoms with E-state index >= 15 is 0 Å². The van der Waals surface area contributed by atoms with E-state index in [1.54, 1.807) is 4.80 Å². The zero-order valence-electron chi connectivity index (χ0n) is 11.4. The van der Waals surface area contributed by atoms with Crippen molar-refractivity contribution in [1.82, 2.24) is 29.9 Å². The first-order chi connectivity index (χ1) is 9.72. The van der Waals surface area contributed by atoms with Gasteiger partial charge >= 0.3 is 0 Å². The van der Waals surface area contributed by atoms with E-state index in [0.29, 0.717) is 0 Å². The van der Waals surface area contributed by atoms with Crippen LogP contribution in [0.15, 0.2) is 23.1 Å². The van der Waals surface area contributed by atoms with Crippen molar-refractivity contribution in [2.45, 2.75) is 31.8 Å². The summed E-state index contributed by atoms with van der Waals surface area (Å²) in [4.78, 5) is 12.9. The van der Waals surface area contributed by atoms with E-state index in [-0.39, 0.29) is 6.04 Å². The molecule has 0 N–H and O–H groups in total. The van der Waals surface area contributed by atoms with Crippen molar-refractivity contribution < 1.29 is 0 Å². The zero-order valence-corrected chi connectivity index (χ0v) is 13.0. The van der Waals surface area contributed by atoms with Crippen molar-refractivity contribution in [2.24, 2.45) is 7.05 Å². The molecular formula is C13H17BrN6. The molecule has 7 heteroatoms. The van der Waals surface area contributed by atoms with E-state index in [1.807, 2.05) is 25.6 Å². The molecule has 3 heterocycles. The first-order valence-corrected chi connectivity index (χ1v) is 7.58. The SMILES string of the molecule is Cn1ncc(CN2CCCCC2c2ncc(Br)cn2)n1. The molecule has 0 amide bonds. The molecule has 0 aromatic carbocycles. The van der Waals surface area contributed by atoms with Crippen molar-refractivity contribution in [3.63, 3.8) is 0 Å². The minimum absolute atomic E-state index is 0.277. The van der Waals surface area contributed by atoms with E-state index in [1.165, 1.54) is 12.8 Å². The Balaban J connectivity index is 1.78. The molecule has 1 fully saturated rings. The third-order valence-electron chi connectivity index (χ3n) is 3.56. The van der Waals surface area contributed by atoms with Crippen LogP contribution in [-0.4, -0.2) is 36.4 Å². The Morgan fingerprint density at radius 1 is 1.25 bits per heavy atom. The summed E-state index contributed by atoms with van der Waals surface area (Å²) in [5, 5.41) is 8.50. The van der Waals surface area contributed by atoms with E-state index in [4.69, 9.17) is 0 Å². The van der Waals surface area contributed by atoms with Gasteiger partial charge in [0, 0.05) is 26.0 Å². The van der Waals surface area contributed by atoms with Gasteiger partial charge in [0.15, 0.2) is 0 Å². The van der Waals surface area contributed by atoms with Crippen LogP contribution in [0.25, 0.3) is 0 Å². The summed E-state index contributed by atoms with van der Waals surface area (Å²) in [5.41, 5.74) is 0.997. The molecule has 3 rings (SSSR count). The van der Waals surface area contributed by atoms with Crippen LogP contribution in [0.5, 0.6) is 0 Å². The van der Waals surface area contributed by atoms with Crippen LogP contribution in [-0.2, 0) is 13.6 Å². The average molecular weight is 337 g/mol. The summed E-state index contributed by atoms with van der Waals surface area (Å²) in [5.74, 6) is 0.900. The van der Waals surface area contributed by atoms with Gasteiger partial charge in [-0.25, -0.2) is 9.97 Å². The Hall–Kier alpha value is -1.34. The molecule has 1 unspecified atom stereocenters. The molecular weight excluding hydrogens is 320 g/mol. The number of aryl methyl sites for hydroxylation is 1. The fraction of sp³-hybridized carbons (Fsp3) is 0.538. The molecule has 6 nitrogen and oxygen atoms in total. The monoisotopic (exact) mass is 336 g/mol. The van der Waals surface area contributed by atoms with Crippen LogP contribution in [0.4, 0.5) is 0 Å². The third kappa shape index (κ3) is 3.04. The molecule has 2 aromatic heterocycles. The second-order valence-electron chi connectivity index (χ2n) is 5.07. The molecule has 20 heavy (non-hydrogen) atoms. The normalized spacial score (nSPS) is 20.2. The number of halogens is 1. The van der Waals surface area contributed by atoms with Gasteiger partial charge in [0.05, 0.1) is 22.4 Å². The summed E-state index contributed by atoms with van der Waals surface area (Å²) in [6.07, 6.45) is 9.00. The van der Waals surface area contributed by atoms with Crippen molar-refractivity contribution in [2.75, 3.05) is 6.54 Å². The lowest BCUT2D eigenvalue weighted by Crippen LogP contribution is -2.34. The Bertz CT molecular complexity index is 566. The fourth-order valence-corrected chi connectivity index (χ4v) is 2.84. The van der Waals surface area contributed by atoms with Gasteiger partial charge in [-0.1, -0.05) is 6.42 Å². The standard InChI is InChI=1S/C13H17BrN6/c1-19-17-8-11(18-19)9-20-5-3-2-4-12(20)13-15-6-10(14)7-16-13/h6-8,12H,2-5,9H2,1H3. The van der Waals surface area contributed by atoms with E-state index in [9.17, 15) is 0 Å². The first kappa shape index (κ1) is 13.6. The topological polar surface area (TPSA) is 59.7 Å².